The highest BCUT2D eigenvalue weighted by molar-refractivity contribution is 5.76. The average molecular weight is 264 g/mol. The van der Waals surface area contributed by atoms with E-state index in [-0.39, 0.29) is 5.91 Å². The maximum absolute atomic E-state index is 11.5. The van der Waals surface area contributed by atoms with Crippen molar-refractivity contribution >= 4 is 11.6 Å². The molecule has 0 heterocycles. The molecule has 0 atom stereocenters. The predicted molar refractivity (Wildman–Crippen MR) is 78.6 cm³/mol. The van der Waals surface area contributed by atoms with Crippen LogP contribution in [0, 0.1) is 20.8 Å². The highest BCUT2D eigenvalue weighted by Gasteiger charge is 2.05. The Morgan fingerprint density at radius 2 is 1.79 bits per heavy atom. The van der Waals surface area contributed by atoms with Crippen LogP contribution in [0.2, 0.25) is 0 Å². The fraction of sp³-hybridized carbons (Fsp3) is 0.533. The first-order valence-corrected chi connectivity index (χ1v) is 6.62. The van der Waals surface area contributed by atoms with E-state index < -0.39 is 0 Å². The van der Waals surface area contributed by atoms with Crippen LogP contribution in [0.4, 0.5) is 5.69 Å². The number of benzene rings is 1. The molecule has 0 aliphatic heterocycles. The van der Waals surface area contributed by atoms with Crippen LogP contribution in [0.25, 0.3) is 0 Å². The van der Waals surface area contributed by atoms with E-state index in [1.165, 1.54) is 16.7 Å². The summed E-state index contributed by atoms with van der Waals surface area (Å²) in [5, 5.41) is 6.14. The van der Waals surface area contributed by atoms with Crippen molar-refractivity contribution in [2.45, 2.75) is 27.2 Å². The third kappa shape index (κ3) is 5.30. The van der Waals surface area contributed by atoms with Gasteiger partial charge in [-0.15, -0.1) is 0 Å². The van der Waals surface area contributed by atoms with Gasteiger partial charge in [-0.2, -0.15) is 0 Å². The number of amides is 1. The van der Waals surface area contributed by atoms with Crippen molar-refractivity contribution in [3.8, 4) is 0 Å². The van der Waals surface area contributed by atoms with Crippen molar-refractivity contribution in [2.75, 3.05) is 32.1 Å². The normalized spacial score (nSPS) is 10.3. The lowest BCUT2D eigenvalue weighted by atomic mass is 10.1. The summed E-state index contributed by atoms with van der Waals surface area (Å²) >= 11 is 0. The zero-order valence-corrected chi connectivity index (χ0v) is 12.3. The quantitative estimate of drug-likeness (QED) is 0.742. The van der Waals surface area contributed by atoms with Crippen LogP contribution in [0.1, 0.15) is 23.1 Å². The van der Waals surface area contributed by atoms with E-state index in [1.54, 1.807) is 7.11 Å². The molecule has 2 N–H and O–H groups in total. The first kappa shape index (κ1) is 15.5. The van der Waals surface area contributed by atoms with E-state index in [2.05, 4.69) is 43.5 Å². The van der Waals surface area contributed by atoms with Gasteiger partial charge in [-0.1, -0.05) is 17.7 Å². The standard InChI is InChI=1S/C15H24N2O2/c1-11-9-12(2)15(13(3)10-11)17-6-5-14(18)16-7-8-19-4/h9-10,17H,5-8H2,1-4H3,(H,16,18). The molecule has 1 aromatic carbocycles. The smallest absolute Gasteiger partial charge is 0.221 e. The van der Waals surface area contributed by atoms with Gasteiger partial charge in [0, 0.05) is 32.3 Å². The average Bonchev–Trinajstić information content (AvgIpc) is 2.32. The Kier molecular flexibility index (Phi) is 6.36. The van der Waals surface area contributed by atoms with E-state index >= 15 is 0 Å². The Balaban J connectivity index is 2.39. The lowest BCUT2D eigenvalue weighted by Gasteiger charge is -2.13. The Morgan fingerprint density at radius 3 is 2.37 bits per heavy atom. The number of hydrogen-bond donors (Lipinski definition) is 2. The van der Waals surface area contributed by atoms with Crippen LogP contribution < -0.4 is 10.6 Å². The number of anilines is 1. The molecule has 19 heavy (non-hydrogen) atoms. The zero-order valence-electron chi connectivity index (χ0n) is 12.3. The molecular weight excluding hydrogens is 240 g/mol. The molecule has 0 radical (unpaired) electrons. The molecule has 0 saturated heterocycles. The zero-order chi connectivity index (χ0) is 14.3. The molecule has 0 aliphatic rings. The number of hydrogen-bond acceptors (Lipinski definition) is 3. The number of carbonyl (C=O) groups is 1. The summed E-state index contributed by atoms with van der Waals surface area (Å²) in [7, 11) is 1.62. The first-order valence-electron chi connectivity index (χ1n) is 6.62. The number of ether oxygens (including phenoxy) is 1. The molecular formula is C15H24N2O2. The molecule has 0 aromatic heterocycles. The summed E-state index contributed by atoms with van der Waals surface area (Å²) in [6.07, 6.45) is 0.469. The lowest BCUT2D eigenvalue weighted by molar-refractivity contribution is -0.121. The van der Waals surface area contributed by atoms with E-state index in [9.17, 15) is 4.79 Å². The van der Waals surface area contributed by atoms with E-state index in [0.717, 1.165) is 5.69 Å². The van der Waals surface area contributed by atoms with Gasteiger partial charge in [0.15, 0.2) is 0 Å². The molecule has 106 valence electrons. The van der Waals surface area contributed by atoms with Crippen LogP contribution in [-0.2, 0) is 9.53 Å². The Labute approximate surface area is 115 Å². The van der Waals surface area contributed by atoms with E-state index in [1.807, 2.05) is 0 Å². The molecule has 0 bridgehead atoms. The minimum absolute atomic E-state index is 0.0481. The van der Waals surface area contributed by atoms with E-state index in [4.69, 9.17) is 4.74 Å². The number of nitrogens with one attached hydrogen (secondary N) is 2. The second kappa shape index (κ2) is 7.79. The van der Waals surface area contributed by atoms with Crippen molar-refractivity contribution in [3.05, 3.63) is 28.8 Å². The van der Waals surface area contributed by atoms with Crippen LogP contribution in [0.15, 0.2) is 12.1 Å². The molecule has 1 amide bonds. The molecule has 0 unspecified atom stereocenters. The van der Waals surface area contributed by atoms with Gasteiger partial charge in [-0.3, -0.25) is 4.79 Å². The van der Waals surface area contributed by atoms with Gasteiger partial charge in [0.25, 0.3) is 0 Å². The van der Waals surface area contributed by atoms with Gasteiger partial charge in [-0.25, -0.2) is 0 Å². The molecule has 4 nitrogen and oxygen atoms in total. The minimum atomic E-state index is 0.0481. The Bertz CT molecular complexity index is 407. The number of aryl methyl sites for hydroxylation is 3. The topological polar surface area (TPSA) is 50.4 Å². The summed E-state index contributed by atoms with van der Waals surface area (Å²) in [5.74, 6) is 0.0481. The third-order valence-corrected chi connectivity index (χ3v) is 2.96. The second-order valence-corrected chi connectivity index (χ2v) is 4.79. The molecule has 1 rings (SSSR count). The van der Waals surface area contributed by atoms with Crippen LogP contribution in [0.3, 0.4) is 0 Å². The molecule has 0 saturated carbocycles. The predicted octanol–water partition coefficient (Wildman–Crippen LogP) is 2.18. The maximum Gasteiger partial charge on any atom is 0.221 e. The fourth-order valence-electron chi connectivity index (χ4n) is 2.14. The van der Waals surface area contributed by atoms with Crippen molar-refractivity contribution < 1.29 is 9.53 Å². The van der Waals surface area contributed by atoms with Gasteiger partial charge in [0.05, 0.1) is 6.61 Å². The molecule has 0 spiro atoms. The summed E-state index contributed by atoms with van der Waals surface area (Å²) in [5.41, 5.74) is 4.84. The summed E-state index contributed by atoms with van der Waals surface area (Å²) in [4.78, 5) is 11.5. The first-order chi connectivity index (χ1) is 9.04. The molecule has 0 aliphatic carbocycles. The van der Waals surface area contributed by atoms with Crippen molar-refractivity contribution in [3.63, 3.8) is 0 Å². The van der Waals surface area contributed by atoms with Gasteiger partial charge in [0.1, 0.15) is 0 Å². The fourth-order valence-corrected chi connectivity index (χ4v) is 2.14. The summed E-state index contributed by atoms with van der Waals surface area (Å²) in [6.45, 7) is 8.02. The van der Waals surface area contributed by atoms with Gasteiger partial charge in [-0.05, 0) is 31.9 Å². The SMILES string of the molecule is COCCNC(=O)CCNc1c(C)cc(C)cc1C. The highest BCUT2D eigenvalue weighted by atomic mass is 16.5. The van der Waals surface area contributed by atoms with Crippen molar-refractivity contribution in [2.24, 2.45) is 0 Å². The molecule has 4 heteroatoms. The summed E-state index contributed by atoms with van der Waals surface area (Å²) < 4.78 is 4.88. The van der Waals surface area contributed by atoms with E-state index in [0.29, 0.717) is 26.1 Å². The van der Waals surface area contributed by atoms with Gasteiger partial charge in [0.2, 0.25) is 5.91 Å². The number of rotatable bonds is 7. The number of methoxy groups -OCH3 is 1. The maximum atomic E-state index is 11.5. The monoisotopic (exact) mass is 264 g/mol. The Morgan fingerprint density at radius 1 is 1.16 bits per heavy atom. The van der Waals surface area contributed by atoms with Crippen molar-refractivity contribution in [1.82, 2.24) is 5.32 Å². The second-order valence-electron chi connectivity index (χ2n) is 4.79. The minimum Gasteiger partial charge on any atom is -0.384 e. The summed E-state index contributed by atoms with van der Waals surface area (Å²) in [6, 6.07) is 4.29. The van der Waals surface area contributed by atoms with Crippen LogP contribution >= 0.6 is 0 Å². The van der Waals surface area contributed by atoms with Crippen LogP contribution in [-0.4, -0.2) is 32.7 Å². The van der Waals surface area contributed by atoms with Gasteiger partial charge >= 0.3 is 0 Å². The van der Waals surface area contributed by atoms with Gasteiger partial charge < -0.3 is 15.4 Å². The highest BCUT2D eigenvalue weighted by Crippen LogP contribution is 2.21. The Hall–Kier alpha value is -1.55. The molecule has 0 fully saturated rings. The number of carbonyl (C=O) groups excluding carboxylic acids is 1. The van der Waals surface area contributed by atoms with Crippen molar-refractivity contribution in [1.29, 1.82) is 0 Å². The lowest BCUT2D eigenvalue weighted by Crippen LogP contribution is -2.28. The largest absolute Gasteiger partial charge is 0.384 e. The third-order valence-electron chi connectivity index (χ3n) is 2.96. The van der Waals surface area contributed by atoms with Crippen LogP contribution in [0.5, 0.6) is 0 Å². The molecule has 1 aromatic rings.